The van der Waals surface area contributed by atoms with Crippen LogP contribution in [0.25, 0.3) is 0 Å². The van der Waals surface area contributed by atoms with E-state index < -0.39 is 0 Å². The first-order valence-electron chi connectivity index (χ1n) is 7.40. The van der Waals surface area contributed by atoms with Gasteiger partial charge in [0, 0.05) is 24.3 Å². The summed E-state index contributed by atoms with van der Waals surface area (Å²) < 4.78 is 0. The van der Waals surface area contributed by atoms with Crippen LogP contribution in [0.4, 0.5) is 5.82 Å². The number of nitrogens with one attached hydrogen (secondary N) is 2. The van der Waals surface area contributed by atoms with E-state index in [-0.39, 0.29) is 0 Å². The summed E-state index contributed by atoms with van der Waals surface area (Å²) in [5.74, 6) is 0.946. The minimum Gasteiger partial charge on any atom is -0.368 e. The van der Waals surface area contributed by atoms with Crippen molar-refractivity contribution < 1.29 is 0 Å². The van der Waals surface area contributed by atoms with Crippen molar-refractivity contribution in [3.8, 4) is 0 Å². The minimum atomic E-state index is 0.352. The highest BCUT2D eigenvalue weighted by Gasteiger charge is 2.31. The van der Waals surface area contributed by atoms with E-state index in [1.807, 2.05) is 0 Å². The highest BCUT2D eigenvalue weighted by atomic mass is 15.1. The summed E-state index contributed by atoms with van der Waals surface area (Å²) in [6, 6.07) is 2.57. The van der Waals surface area contributed by atoms with Gasteiger partial charge in [0.2, 0.25) is 0 Å². The average molecular weight is 262 g/mol. The Labute approximate surface area is 116 Å². The molecule has 1 atom stereocenters. The normalized spacial score (nSPS) is 22.2. The van der Waals surface area contributed by atoms with Crippen LogP contribution >= 0.6 is 0 Å². The molecule has 0 radical (unpaired) electrons. The van der Waals surface area contributed by atoms with Crippen LogP contribution < -0.4 is 10.6 Å². The maximum atomic E-state index is 4.30. The van der Waals surface area contributed by atoms with E-state index in [1.165, 1.54) is 12.8 Å². The summed E-state index contributed by atoms with van der Waals surface area (Å²) in [6.07, 6.45) is 6.36. The molecule has 1 unspecified atom stereocenters. The molecule has 1 aliphatic rings. The molecule has 0 saturated carbocycles. The third kappa shape index (κ3) is 3.90. The van der Waals surface area contributed by atoms with Crippen molar-refractivity contribution in [1.82, 2.24) is 15.3 Å². The van der Waals surface area contributed by atoms with E-state index in [9.17, 15) is 0 Å². The monoisotopic (exact) mass is 262 g/mol. The number of hydrogen-bond donors (Lipinski definition) is 2. The van der Waals surface area contributed by atoms with Gasteiger partial charge >= 0.3 is 0 Å². The molecule has 2 rings (SSSR count). The van der Waals surface area contributed by atoms with Crippen LogP contribution in [0.1, 0.15) is 45.7 Å². The Bertz CT molecular complexity index is 403. The molecule has 106 valence electrons. The number of aromatic nitrogens is 2. The minimum absolute atomic E-state index is 0.352. The average Bonchev–Trinajstić information content (AvgIpc) is 2.38. The molecule has 4 heteroatoms. The SMILES string of the molecule is CCCc1cc(NCC2NCCCC2(C)C)ncn1. The van der Waals surface area contributed by atoms with E-state index in [0.717, 1.165) is 37.4 Å². The largest absolute Gasteiger partial charge is 0.368 e. The molecular formula is C15H26N4. The maximum Gasteiger partial charge on any atom is 0.129 e. The lowest BCUT2D eigenvalue weighted by Crippen LogP contribution is -2.50. The Morgan fingerprint density at radius 3 is 3.00 bits per heavy atom. The van der Waals surface area contributed by atoms with Crippen molar-refractivity contribution >= 4 is 5.82 Å². The van der Waals surface area contributed by atoms with Crippen LogP contribution in [0.2, 0.25) is 0 Å². The molecule has 0 amide bonds. The molecule has 1 aromatic heterocycles. The fraction of sp³-hybridized carbons (Fsp3) is 0.733. The second-order valence-corrected chi connectivity index (χ2v) is 6.12. The van der Waals surface area contributed by atoms with Gasteiger partial charge in [-0.3, -0.25) is 0 Å². The zero-order chi connectivity index (χ0) is 13.7. The highest BCUT2D eigenvalue weighted by molar-refractivity contribution is 5.35. The Kier molecular flexibility index (Phi) is 4.75. The predicted octanol–water partition coefficient (Wildman–Crippen LogP) is 2.62. The molecule has 2 heterocycles. The third-order valence-electron chi connectivity index (χ3n) is 4.05. The molecule has 0 bridgehead atoms. The summed E-state index contributed by atoms with van der Waals surface area (Å²) in [4.78, 5) is 8.59. The smallest absolute Gasteiger partial charge is 0.129 e. The zero-order valence-corrected chi connectivity index (χ0v) is 12.4. The van der Waals surface area contributed by atoms with E-state index >= 15 is 0 Å². The van der Waals surface area contributed by atoms with Gasteiger partial charge in [-0.25, -0.2) is 9.97 Å². The van der Waals surface area contributed by atoms with Gasteiger partial charge in [0.15, 0.2) is 0 Å². The van der Waals surface area contributed by atoms with E-state index in [2.05, 4.69) is 47.4 Å². The lowest BCUT2D eigenvalue weighted by atomic mass is 9.77. The molecule has 1 saturated heterocycles. The van der Waals surface area contributed by atoms with Gasteiger partial charge in [-0.05, 0) is 31.2 Å². The molecule has 4 nitrogen and oxygen atoms in total. The van der Waals surface area contributed by atoms with Crippen LogP contribution in [0, 0.1) is 5.41 Å². The Morgan fingerprint density at radius 1 is 1.42 bits per heavy atom. The fourth-order valence-electron chi connectivity index (χ4n) is 2.71. The van der Waals surface area contributed by atoms with Gasteiger partial charge < -0.3 is 10.6 Å². The fourth-order valence-corrected chi connectivity index (χ4v) is 2.71. The summed E-state index contributed by atoms with van der Waals surface area (Å²) >= 11 is 0. The first-order valence-corrected chi connectivity index (χ1v) is 7.40. The van der Waals surface area contributed by atoms with Crippen molar-refractivity contribution in [3.63, 3.8) is 0 Å². The van der Waals surface area contributed by atoms with Crippen LogP contribution in [0.3, 0.4) is 0 Å². The van der Waals surface area contributed by atoms with Gasteiger partial charge in [-0.15, -0.1) is 0 Å². The van der Waals surface area contributed by atoms with Crippen LogP contribution in [-0.4, -0.2) is 29.1 Å². The summed E-state index contributed by atoms with van der Waals surface area (Å²) in [5, 5.41) is 7.07. The van der Waals surface area contributed by atoms with Crippen molar-refractivity contribution in [1.29, 1.82) is 0 Å². The molecular weight excluding hydrogens is 236 g/mol. The zero-order valence-electron chi connectivity index (χ0n) is 12.4. The summed E-state index contributed by atoms with van der Waals surface area (Å²) in [5.41, 5.74) is 1.47. The maximum absolute atomic E-state index is 4.30. The van der Waals surface area contributed by atoms with Crippen molar-refractivity contribution in [3.05, 3.63) is 18.1 Å². The van der Waals surface area contributed by atoms with Gasteiger partial charge in [0.1, 0.15) is 12.1 Å². The molecule has 1 aliphatic heterocycles. The van der Waals surface area contributed by atoms with Crippen LogP contribution in [0.15, 0.2) is 12.4 Å². The molecule has 0 aromatic carbocycles. The third-order valence-corrected chi connectivity index (χ3v) is 4.05. The van der Waals surface area contributed by atoms with Crippen molar-refractivity contribution in [2.24, 2.45) is 5.41 Å². The van der Waals surface area contributed by atoms with Gasteiger partial charge in [0.25, 0.3) is 0 Å². The number of hydrogen-bond acceptors (Lipinski definition) is 4. The van der Waals surface area contributed by atoms with Gasteiger partial charge in [0.05, 0.1) is 0 Å². The van der Waals surface area contributed by atoms with E-state index in [4.69, 9.17) is 0 Å². The molecule has 0 aliphatic carbocycles. The molecule has 0 spiro atoms. The molecule has 19 heavy (non-hydrogen) atoms. The Balaban J connectivity index is 1.92. The first-order chi connectivity index (χ1) is 9.12. The molecule has 1 fully saturated rings. The van der Waals surface area contributed by atoms with Gasteiger partial charge in [-0.2, -0.15) is 0 Å². The standard InChI is InChI=1S/C15H26N4/c1-4-6-12-9-14(19-11-18-12)17-10-13-15(2,3)7-5-8-16-13/h9,11,13,16H,4-8,10H2,1-3H3,(H,17,18,19). The number of nitrogens with zero attached hydrogens (tertiary/aromatic N) is 2. The number of piperidine rings is 1. The quantitative estimate of drug-likeness (QED) is 0.856. The topological polar surface area (TPSA) is 49.8 Å². The second-order valence-electron chi connectivity index (χ2n) is 6.12. The van der Waals surface area contributed by atoms with E-state index in [1.54, 1.807) is 6.33 Å². The first kappa shape index (κ1) is 14.3. The highest BCUT2D eigenvalue weighted by Crippen LogP contribution is 2.30. The van der Waals surface area contributed by atoms with Gasteiger partial charge in [-0.1, -0.05) is 27.2 Å². The molecule has 2 N–H and O–H groups in total. The van der Waals surface area contributed by atoms with Crippen LogP contribution in [0.5, 0.6) is 0 Å². The summed E-state index contributed by atoms with van der Waals surface area (Å²) in [6.45, 7) is 8.90. The van der Waals surface area contributed by atoms with E-state index in [0.29, 0.717) is 11.5 Å². The number of aryl methyl sites for hydroxylation is 1. The Hall–Kier alpha value is -1.16. The molecule has 1 aromatic rings. The Morgan fingerprint density at radius 2 is 2.26 bits per heavy atom. The number of rotatable bonds is 5. The summed E-state index contributed by atoms with van der Waals surface area (Å²) in [7, 11) is 0. The second kappa shape index (κ2) is 6.33. The van der Waals surface area contributed by atoms with Crippen LogP contribution in [-0.2, 0) is 6.42 Å². The lowest BCUT2D eigenvalue weighted by molar-refractivity contribution is 0.188. The lowest BCUT2D eigenvalue weighted by Gasteiger charge is -2.39. The number of anilines is 1. The van der Waals surface area contributed by atoms with Crippen molar-refractivity contribution in [2.45, 2.75) is 52.5 Å². The van der Waals surface area contributed by atoms with Crippen molar-refractivity contribution in [2.75, 3.05) is 18.4 Å². The predicted molar refractivity (Wildman–Crippen MR) is 79.3 cm³/mol.